The maximum absolute atomic E-state index is 12.9. The van der Waals surface area contributed by atoms with Crippen LogP contribution < -0.4 is 10.1 Å². The Hall–Kier alpha value is -2.59. The van der Waals surface area contributed by atoms with Crippen LogP contribution in [0.1, 0.15) is 30.4 Å². The molecular formula is C21H23F3N2O4S. The first-order valence-corrected chi connectivity index (χ1v) is 11.2. The van der Waals surface area contributed by atoms with E-state index >= 15 is 0 Å². The maximum Gasteiger partial charge on any atom is 0.416 e. The van der Waals surface area contributed by atoms with Crippen molar-refractivity contribution in [3.8, 4) is 5.75 Å². The summed E-state index contributed by atoms with van der Waals surface area (Å²) in [6, 6.07) is 8.71. The number of nitrogens with one attached hydrogen (secondary N) is 1. The smallest absolute Gasteiger partial charge is 0.416 e. The Morgan fingerprint density at radius 3 is 2.48 bits per heavy atom. The molecule has 1 heterocycles. The number of nitrogens with zero attached hydrogens (tertiary/aromatic N) is 1. The summed E-state index contributed by atoms with van der Waals surface area (Å²) in [5.74, 6) is -0.712. The number of ether oxygens (including phenoxy) is 1. The molecule has 0 aromatic heterocycles. The van der Waals surface area contributed by atoms with Crippen LogP contribution in [0.3, 0.4) is 0 Å². The molecule has 1 saturated heterocycles. The van der Waals surface area contributed by atoms with E-state index in [2.05, 4.69) is 5.32 Å². The molecule has 0 bridgehead atoms. The lowest BCUT2D eigenvalue weighted by molar-refractivity contribution is -0.137. The summed E-state index contributed by atoms with van der Waals surface area (Å²) in [5, 5.41) is 2.57. The summed E-state index contributed by atoms with van der Waals surface area (Å²) < 4.78 is 70.7. The zero-order valence-electron chi connectivity index (χ0n) is 16.9. The average Bonchev–Trinajstić information content (AvgIpc) is 2.74. The van der Waals surface area contributed by atoms with Crippen LogP contribution in [0.25, 0.3) is 0 Å². The van der Waals surface area contributed by atoms with Gasteiger partial charge < -0.3 is 10.1 Å². The molecule has 0 unspecified atom stereocenters. The first-order chi connectivity index (χ1) is 14.6. The molecule has 0 spiro atoms. The van der Waals surface area contributed by atoms with Crippen LogP contribution in [0.5, 0.6) is 5.75 Å². The number of hydrogen-bond acceptors (Lipinski definition) is 4. The van der Waals surface area contributed by atoms with Gasteiger partial charge in [0.2, 0.25) is 10.0 Å². The maximum atomic E-state index is 12.9. The van der Waals surface area contributed by atoms with Crippen LogP contribution in [-0.4, -0.2) is 38.3 Å². The van der Waals surface area contributed by atoms with Crippen LogP contribution in [0.4, 0.5) is 18.9 Å². The monoisotopic (exact) mass is 456 g/mol. The Balaban J connectivity index is 1.68. The second-order valence-corrected chi connectivity index (χ2v) is 9.24. The number of carbonyl (C=O) groups excluding carboxylic acids is 1. The van der Waals surface area contributed by atoms with Gasteiger partial charge in [-0.15, -0.1) is 0 Å². The second-order valence-electron chi connectivity index (χ2n) is 7.30. The first-order valence-electron chi connectivity index (χ1n) is 9.78. The van der Waals surface area contributed by atoms with Gasteiger partial charge in [0.25, 0.3) is 5.91 Å². The van der Waals surface area contributed by atoms with E-state index in [9.17, 15) is 26.4 Å². The van der Waals surface area contributed by atoms with Gasteiger partial charge in [-0.05, 0) is 55.7 Å². The van der Waals surface area contributed by atoms with Crippen molar-refractivity contribution in [2.45, 2.75) is 37.3 Å². The highest BCUT2D eigenvalue weighted by Crippen LogP contribution is 2.31. The molecule has 10 heteroatoms. The summed E-state index contributed by atoms with van der Waals surface area (Å²) in [7, 11) is -3.67. The quantitative estimate of drug-likeness (QED) is 0.707. The number of hydrogen-bond donors (Lipinski definition) is 1. The molecule has 0 radical (unpaired) electrons. The molecule has 1 N–H and O–H groups in total. The molecule has 0 saturated carbocycles. The van der Waals surface area contributed by atoms with E-state index in [0.717, 1.165) is 31.4 Å². The van der Waals surface area contributed by atoms with Crippen LogP contribution in [0, 0.1) is 6.92 Å². The van der Waals surface area contributed by atoms with Gasteiger partial charge in [-0.1, -0.05) is 18.6 Å². The third kappa shape index (κ3) is 5.76. The number of alkyl halides is 3. The molecule has 3 rings (SSSR count). The van der Waals surface area contributed by atoms with E-state index in [1.807, 2.05) is 0 Å². The number of amides is 1. The standard InChI is InChI=1S/C21H23F3N2O4S/c1-15-8-9-18(31(28,29)26-10-3-2-4-11-26)13-19(15)25-20(27)14-30-17-7-5-6-16(12-17)21(22,23)24/h5-9,12-13H,2-4,10-11,14H2,1H3,(H,25,27). The molecule has 0 atom stereocenters. The Morgan fingerprint density at radius 1 is 1.10 bits per heavy atom. The van der Waals surface area contributed by atoms with E-state index in [1.165, 1.54) is 28.6 Å². The lowest BCUT2D eigenvalue weighted by atomic mass is 10.2. The topological polar surface area (TPSA) is 75.7 Å². The van der Waals surface area contributed by atoms with Crippen molar-refractivity contribution in [2.24, 2.45) is 0 Å². The predicted octanol–water partition coefficient (Wildman–Crippen LogP) is 4.21. The highest BCUT2D eigenvalue weighted by atomic mass is 32.2. The van der Waals surface area contributed by atoms with Crippen molar-refractivity contribution in [1.29, 1.82) is 0 Å². The molecule has 1 amide bonds. The number of piperidine rings is 1. The first kappa shape index (κ1) is 23.1. The lowest BCUT2D eigenvalue weighted by Gasteiger charge is -2.26. The zero-order valence-corrected chi connectivity index (χ0v) is 17.7. The van der Waals surface area contributed by atoms with Crippen LogP contribution >= 0.6 is 0 Å². The zero-order chi connectivity index (χ0) is 22.6. The van der Waals surface area contributed by atoms with E-state index in [0.29, 0.717) is 24.3 Å². The fraction of sp³-hybridized carbons (Fsp3) is 0.381. The van der Waals surface area contributed by atoms with E-state index < -0.39 is 34.3 Å². The second kappa shape index (κ2) is 9.27. The summed E-state index contributed by atoms with van der Waals surface area (Å²) >= 11 is 0. The van der Waals surface area contributed by atoms with Crippen molar-refractivity contribution in [3.05, 3.63) is 53.6 Å². The van der Waals surface area contributed by atoms with Crippen molar-refractivity contribution in [1.82, 2.24) is 4.31 Å². The number of aryl methyl sites for hydroxylation is 1. The Kier molecular flexibility index (Phi) is 6.90. The summed E-state index contributed by atoms with van der Waals surface area (Å²) in [6.07, 6.45) is -1.91. The molecule has 2 aromatic rings. The van der Waals surface area contributed by atoms with Crippen molar-refractivity contribution in [3.63, 3.8) is 0 Å². The number of anilines is 1. The normalized spacial score (nSPS) is 15.5. The molecule has 31 heavy (non-hydrogen) atoms. The fourth-order valence-corrected chi connectivity index (χ4v) is 4.79. The summed E-state index contributed by atoms with van der Waals surface area (Å²) in [4.78, 5) is 12.3. The van der Waals surface area contributed by atoms with Crippen LogP contribution in [0.2, 0.25) is 0 Å². The minimum atomic E-state index is -4.51. The SMILES string of the molecule is Cc1ccc(S(=O)(=O)N2CCCCC2)cc1NC(=O)COc1cccc(C(F)(F)F)c1. The molecule has 1 aliphatic rings. The van der Waals surface area contributed by atoms with E-state index in [-0.39, 0.29) is 10.6 Å². The van der Waals surface area contributed by atoms with Crippen molar-refractivity contribution < 1.29 is 31.1 Å². The lowest BCUT2D eigenvalue weighted by Crippen LogP contribution is -2.35. The van der Waals surface area contributed by atoms with Crippen molar-refractivity contribution >= 4 is 21.6 Å². The molecule has 2 aromatic carbocycles. The largest absolute Gasteiger partial charge is 0.484 e. The van der Waals surface area contributed by atoms with Gasteiger partial charge >= 0.3 is 6.18 Å². The Morgan fingerprint density at radius 2 is 1.81 bits per heavy atom. The van der Waals surface area contributed by atoms with Gasteiger partial charge in [-0.25, -0.2) is 8.42 Å². The van der Waals surface area contributed by atoms with Gasteiger partial charge in [0.15, 0.2) is 6.61 Å². The van der Waals surface area contributed by atoms with Crippen molar-refractivity contribution in [2.75, 3.05) is 25.0 Å². The van der Waals surface area contributed by atoms with Crippen LogP contribution in [0.15, 0.2) is 47.4 Å². The fourth-order valence-electron chi connectivity index (χ4n) is 3.25. The number of rotatable bonds is 6. The molecule has 0 aliphatic carbocycles. The van der Waals surface area contributed by atoms with E-state index in [4.69, 9.17) is 4.74 Å². The Labute approximate surface area is 179 Å². The summed E-state index contributed by atoms with van der Waals surface area (Å²) in [6.45, 7) is 2.11. The van der Waals surface area contributed by atoms with Gasteiger partial charge in [0.1, 0.15) is 5.75 Å². The number of sulfonamides is 1. The minimum absolute atomic E-state index is 0.0779. The number of carbonyl (C=O) groups is 1. The summed E-state index contributed by atoms with van der Waals surface area (Å²) in [5.41, 5.74) is 0.0672. The molecule has 168 valence electrons. The van der Waals surface area contributed by atoms with Crippen LogP contribution in [-0.2, 0) is 21.0 Å². The third-order valence-electron chi connectivity index (χ3n) is 4.97. The van der Waals surface area contributed by atoms with Gasteiger partial charge in [-0.3, -0.25) is 4.79 Å². The number of halogens is 3. The Bertz CT molecular complexity index is 1050. The highest BCUT2D eigenvalue weighted by molar-refractivity contribution is 7.89. The predicted molar refractivity (Wildman–Crippen MR) is 109 cm³/mol. The molecule has 1 aliphatic heterocycles. The average molecular weight is 456 g/mol. The van der Waals surface area contributed by atoms with E-state index in [1.54, 1.807) is 13.0 Å². The molecule has 1 fully saturated rings. The highest BCUT2D eigenvalue weighted by Gasteiger charge is 2.30. The molecular weight excluding hydrogens is 433 g/mol. The minimum Gasteiger partial charge on any atom is -0.484 e. The molecule has 6 nitrogen and oxygen atoms in total. The third-order valence-corrected chi connectivity index (χ3v) is 6.86. The number of benzene rings is 2. The van der Waals surface area contributed by atoms with Gasteiger partial charge in [-0.2, -0.15) is 17.5 Å². The van der Waals surface area contributed by atoms with Gasteiger partial charge in [0.05, 0.1) is 10.5 Å². The van der Waals surface area contributed by atoms with Gasteiger partial charge in [0, 0.05) is 18.8 Å².